The van der Waals surface area contributed by atoms with E-state index in [0.29, 0.717) is 0 Å². The van der Waals surface area contributed by atoms with Gasteiger partial charge in [0.15, 0.2) is 6.10 Å². The zero-order chi connectivity index (χ0) is 15.6. The van der Waals surface area contributed by atoms with E-state index in [0.717, 1.165) is 12.8 Å². The summed E-state index contributed by atoms with van der Waals surface area (Å²) in [4.78, 5) is 23.5. The summed E-state index contributed by atoms with van der Waals surface area (Å²) in [6.07, 6.45) is 0.647. The number of benzene rings is 1. The van der Waals surface area contributed by atoms with Gasteiger partial charge in [-0.25, -0.2) is 9.18 Å². The number of nitrogens with one attached hydrogen (secondary N) is 1. The molecule has 114 valence electrons. The molecule has 2 atom stereocenters. The summed E-state index contributed by atoms with van der Waals surface area (Å²) in [6, 6.07) is 5.44. The number of hydrogen-bond acceptors (Lipinski definition) is 3. The van der Waals surface area contributed by atoms with E-state index in [2.05, 4.69) is 5.32 Å². The van der Waals surface area contributed by atoms with Gasteiger partial charge in [-0.15, -0.1) is 0 Å². The fraction of sp³-hybridized carbons (Fsp3) is 0.467. The number of rotatable bonds is 6. The molecule has 0 spiro atoms. The molecule has 1 aliphatic carbocycles. The third-order valence-electron chi connectivity index (χ3n) is 3.70. The monoisotopic (exact) mass is 295 g/mol. The molecule has 1 fully saturated rings. The Balaban J connectivity index is 2.00. The zero-order valence-electron chi connectivity index (χ0n) is 11.9. The minimum Gasteiger partial charge on any atom is -0.481 e. The van der Waals surface area contributed by atoms with Crippen molar-refractivity contribution in [2.45, 2.75) is 38.3 Å². The topological polar surface area (TPSA) is 75.6 Å². The van der Waals surface area contributed by atoms with Crippen LogP contribution < -0.4 is 10.1 Å². The van der Waals surface area contributed by atoms with Crippen molar-refractivity contribution < 1.29 is 23.8 Å². The van der Waals surface area contributed by atoms with Crippen LogP contribution >= 0.6 is 0 Å². The molecule has 0 aromatic heterocycles. The van der Waals surface area contributed by atoms with Crippen LogP contribution in [0.1, 0.15) is 26.7 Å². The van der Waals surface area contributed by atoms with E-state index in [4.69, 9.17) is 4.74 Å². The van der Waals surface area contributed by atoms with Gasteiger partial charge in [-0.1, -0.05) is 6.07 Å². The minimum absolute atomic E-state index is 0.0553. The van der Waals surface area contributed by atoms with Crippen LogP contribution in [0.15, 0.2) is 24.3 Å². The first kappa shape index (κ1) is 15.3. The largest absolute Gasteiger partial charge is 0.481 e. The summed E-state index contributed by atoms with van der Waals surface area (Å²) < 4.78 is 18.4. The van der Waals surface area contributed by atoms with Gasteiger partial charge in [-0.05, 0) is 44.7 Å². The smallest absolute Gasteiger partial charge is 0.329 e. The van der Waals surface area contributed by atoms with Gasteiger partial charge in [0.25, 0.3) is 5.91 Å². The van der Waals surface area contributed by atoms with Gasteiger partial charge < -0.3 is 15.2 Å². The molecule has 2 N–H and O–H groups in total. The number of carbonyl (C=O) groups is 2. The van der Waals surface area contributed by atoms with E-state index >= 15 is 0 Å². The number of halogens is 1. The van der Waals surface area contributed by atoms with E-state index in [9.17, 15) is 19.1 Å². The number of carbonyl (C=O) groups excluding carboxylic acids is 1. The van der Waals surface area contributed by atoms with Crippen LogP contribution in [0.2, 0.25) is 0 Å². The predicted molar refractivity (Wildman–Crippen MR) is 73.4 cm³/mol. The lowest BCUT2D eigenvalue weighted by Crippen LogP contribution is -2.56. The lowest BCUT2D eigenvalue weighted by Gasteiger charge is -2.27. The van der Waals surface area contributed by atoms with Crippen molar-refractivity contribution in [2.24, 2.45) is 5.92 Å². The Morgan fingerprint density at radius 3 is 2.67 bits per heavy atom. The van der Waals surface area contributed by atoms with E-state index in [-0.39, 0.29) is 11.7 Å². The first-order valence-electron chi connectivity index (χ1n) is 6.80. The minimum atomic E-state index is -1.28. The third kappa shape index (κ3) is 3.51. The van der Waals surface area contributed by atoms with Crippen molar-refractivity contribution in [2.75, 3.05) is 0 Å². The van der Waals surface area contributed by atoms with E-state index in [1.165, 1.54) is 38.1 Å². The third-order valence-corrected chi connectivity index (χ3v) is 3.70. The summed E-state index contributed by atoms with van der Waals surface area (Å²) in [7, 11) is 0. The van der Waals surface area contributed by atoms with Gasteiger partial charge in [0, 0.05) is 6.07 Å². The van der Waals surface area contributed by atoms with E-state index in [1.54, 1.807) is 0 Å². The molecular formula is C15H18FNO4. The first-order chi connectivity index (χ1) is 9.83. The van der Waals surface area contributed by atoms with Gasteiger partial charge >= 0.3 is 5.97 Å². The Hall–Kier alpha value is -2.11. The van der Waals surface area contributed by atoms with Gasteiger partial charge in [0.05, 0.1) is 0 Å². The van der Waals surface area contributed by atoms with E-state index in [1.807, 2.05) is 0 Å². The summed E-state index contributed by atoms with van der Waals surface area (Å²) in [5.41, 5.74) is -1.28. The van der Waals surface area contributed by atoms with Crippen molar-refractivity contribution in [3.05, 3.63) is 30.1 Å². The van der Waals surface area contributed by atoms with Crippen molar-refractivity contribution in [3.63, 3.8) is 0 Å². The average Bonchev–Trinajstić information content (AvgIpc) is 3.22. The van der Waals surface area contributed by atoms with Crippen molar-refractivity contribution in [1.29, 1.82) is 0 Å². The number of ether oxygens (including phenoxy) is 1. The van der Waals surface area contributed by atoms with Gasteiger partial charge in [-0.3, -0.25) is 4.79 Å². The van der Waals surface area contributed by atoms with Gasteiger partial charge in [0.2, 0.25) is 0 Å². The predicted octanol–water partition coefficient (Wildman–Crippen LogP) is 1.96. The molecule has 0 heterocycles. The van der Waals surface area contributed by atoms with Crippen molar-refractivity contribution in [3.8, 4) is 5.75 Å². The standard InChI is InChI=1S/C15H18FNO4/c1-9(21-12-5-3-4-11(16)8-12)13(18)17-15(2,14(19)20)10-6-7-10/h3-5,8-10H,6-7H2,1-2H3,(H,17,18)(H,19,20). The van der Waals surface area contributed by atoms with Crippen LogP contribution in [0.3, 0.4) is 0 Å². The highest BCUT2D eigenvalue weighted by Crippen LogP contribution is 2.39. The fourth-order valence-corrected chi connectivity index (χ4v) is 2.15. The highest BCUT2D eigenvalue weighted by molar-refractivity contribution is 5.89. The summed E-state index contributed by atoms with van der Waals surface area (Å²) >= 11 is 0. The molecule has 1 aromatic rings. The molecule has 0 radical (unpaired) electrons. The molecule has 2 unspecified atom stereocenters. The molecule has 0 aliphatic heterocycles. The van der Waals surface area contributed by atoms with Crippen LogP contribution in [0.4, 0.5) is 4.39 Å². The molecule has 2 rings (SSSR count). The van der Waals surface area contributed by atoms with Crippen LogP contribution in [0.25, 0.3) is 0 Å². The summed E-state index contributed by atoms with van der Waals surface area (Å²) in [5.74, 6) is -1.89. The molecule has 1 aliphatic rings. The zero-order valence-corrected chi connectivity index (χ0v) is 11.9. The molecule has 1 saturated carbocycles. The Kier molecular flexibility index (Phi) is 4.16. The quantitative estimate of drug-likeness (QED) is 0.841. The molecule has 6 heteroatoms. The second kappa shape index (κ2) is 5.71. The number of carboxylic acid groups (broad SMARTS) is 1. The highest BCUT2D eigenvalue weighted by Gasteiger charge is 2.49. The summed E-state index contributed by atoms with van der Waals surface area (Å²) in [5, 5.41) is 11.8. The Morgan fingerprint density at radius 2 is 2.14 bits per heavy atom. The second-order valence-electron chi connectivity index (χ2n) is 5.49. The van der Waals surface area contributed by atoms with Crippen LogP contribution in [-0.2, 0) is 9.59 Å². The van der Waals surface area contributed by atoms with Gasteiger partial charge in [-0.2, -0.15) is 0 Å². The Bertz CT molecular complexity index is 558. The lowest BCUT2D eigenvalue weighted by atomic mass is 9.95. The lowest BCUT2D eigenvalue weighted by molar-refractivity contribution is -0.149. The number of amides is 1. The summed E-state index contributed by atoms with van der Waals surface area (Å²) in [6.45, 7) is 3.00. The normalized spacial score (nSPS) is 18.4. The molecule has 5 nitrogen and oxygen atoms in total. The Morgan fingerprint density at radius 1 is 1.48 bits per heavy atom. The number of hydrogen-bond donors (Lipinski definition) is 2. The van der Waals surface area contributed by atoms with Crippen molar-refractivity contribution >= 4 is 11.9 Å². The SMILES string of the molecule is CC(Oc1cccc(F)c1)C(=O)NC(C)(C(=O)O)C1CC1. The van der Waals surface area contributed by atoms with Crippen LogP contribution in [0, 0.1) is 11.7 Å². The number of aliphatic carboxylic acids is 1. The Labute approximate surface area is 122 Å². The maximum atomic E-state index is 13.1. The molecular weight excluding hydrogens is 277 g/mol. The van der Waals surface area contributed by atoms with Crippen LogP contribution in [0.5, 0.6) is 5.75 Å². The average molecular weight is 295 g/mol. The maximum absolute atomic E-state index is 13.1. The highest BCUT2D eigenvalue weighted by atomic mass is 19.1. The molecule has 1 amide bonds. The first-order valence-corrected chi connectivity index (χ1v) is 6.80. The fourth-order valence-electron chi connectivity index (χ4n) is 2.15. The molecule has 1 aromatic carbocycles. The number of carboxylic acids is 1. The van der Waals surface area contributed by atoms with Crippen LogP contribution in [-0.4, -0.2) is 28.6 Å². The van der Waals surface area contributed by atoms with Gasteiger partial charge in [0.1, 0.15) is 17.1 Å². The van der Waals surface area contributed by atoms with E-state index < -0.39 is 29.3 Å². The molecule has 0 bridgehead atoms. The second-order valence-corrected chi connectivity index (χ2v) is 5.49. The molecule has 21 heavy (non-hydrogen) atoms. The molecule has 0 saturated heterocycles. The van der Waals surface area contributed by atoms with Crippen molar-refractivity contribution in [1.82, 2.24) is 5.32 Å². The maximum Gasteiger partial charge on any atom is 0.329 e.